The SMILES string of the molecule is CC(N)C1CCN(Cc2c(Br)cnn2C)C1. The lowest BCUT2D eigenvalue weighted by Gasteiger charge is -2.18. The molecule has 1 aromatic heterocycles. The molecule has 1 aliphatic rings. The van der Waals surface area contributed by atoms with Crippen LogP contribution in [0.15, 0.2) is 10.7 Å². The first-order valence-electron chi connectivity index (χ1n) is 5.72. The molecule has 0 radical (unpaired) electrons. The van der Waals surface area contributed by atoms with Crippen LogP contribution in [0.5, 0.6) is 0 Å². The van der Waals surface area contributed by atoms with Gasteiger partial charge in [0.1, 0.15) is 0 Å². The van der Waals surface area contributed by atoms with E-state index in [1.165, 1.54) is 12.1 Å². The number of aromatic nitrogens is 2. The van der Waals surface area contributed by atoms with Crippen LogP contribution in [0.1, 0.15) is 19.0 Å². The Morgan fingerprint density at radius 1 is 1.69 bits per heavy atom. The number of likely N-dealkylation sites (tertiary alicyclic amines) is 1. The fourth-order valence-electron chi connectivity index (χ4n) is 2.26. The second-order valence-corrected chi connectivity index (χ2v) is 5.56. The summed E-state index contributed by atoms with van der Waals surface area (Å²) in [6.45, 7) is 5.31. The fourth-order valence-corrected chi connectivity index (χ4v) is 2.73. The molecule has 0 saturated carbocycles. The van der Waals surface area contributed by atoms with E-state index in [9.17, 15) is 0 Å². The minimum Gasteiger partial charge on any atom is -0.328 e. The molecule has 1 saturated heterocycles. The van der Waals surface area contributed by atoms with Gasteiger partial charge in [0.2, 0.25) is 0 Å². The molecule has 0 aliphatic carbocycles. The molecule has 1 fully saturated rings. The summed E-state index contributed by atoms with van der Waals surface area (Å²) in [5, 5.41) is 4.23. The molecule has 16 heavy (non-hydrogen) atoms. The highest BCUT2D eigenvalue weighted by molar-refractivity contribution is 9.10. The highest BCUT2D eigenvalue weighted by Crippen LogP contribution is 2.23. The molecule has 1 aromatic rings. The van der Waals surface area contributed by atoms with Crippen LogP contribution in [-0.4, -0.2) is 33.8 Å². The molecule has 2 rings (SSSR count). The zero-order chi connectivity index (χ0) is 11.7. The minimum atomic E-state index is 0.306. The normalized spacial score (nSPS) is 23.9. The van der Waals surface area contributed by atoms with Crippen LogP contribution in [0.3, 0.4) is 0 Å². The summed E-state index contributed by atoms with van der Waals surface area (Å²) >= 11 is 3.53. The molecule has 0 amide bonds. The Kier molecular flexibility index (Phi) is 3.66. The van der Waals surface area contributed by atoms with Gasteiger partial charge in [-0.25, -0.2) is 0 Å². The molecule has 2 N–H and O–H groups in total. The van der Waals surface area contributed by atoms with Gasteiger partial charge in [0.05, 0.1) is 16.4 Å². The van der Waals surface area contributed by atoms with Crippen LogP contribution in [0.4, 0.5) is 0 Å². The first-order chi connectivity index (χ1) is 7.58. The van der Waals surface area contributed by atoms with E-state index in [4.69, 9.17) is 5.73 Å². The number of rotatable bonds is 3. The molecule has 90 valence electrons. The molecule has 1 aliphatic heterocycles. The van der Waals surface area contributed by atoms with E-state index in [2.05, 4.69) is 32.9 Å². The van der Waals surface area contributed by atoms with Gasteiger partial charge < -0.3 is 5.73 Å². The van der Waals surface area contributed by atoms with E-state index in [0.717, 1.165) is 24.1 Å². The number of nitrogens with two attached hydrogens (primary N) is 1. The van der Waals surface area contributed by atoms with E-state index in [0.29, 0.717) is 12.0 Å². The second-order valence-electron chi connectivity index (χ2n) is 4.71. The molecule has 4 nitrogen and oxygen atoms in total. The number of halogens is 1. The summed E-state index contributed by atoms with van der Waals surface area (Å²) in [4.78, 5) is 2.45. The summed E-state index contributed by atoms with van der Waals surface area (Å²) < 4.78 is 3.03. The van der Waals surface area contributed by atoms with E-state index in [1.54, 1.807) is 0 Å². The Morgan fingerprint density at radius 2 is 2.44 bits per heavy atom. The van der Waals surface area contributed by atoms with Crippen molar-refractivity contribution in [1.82, 2.24) is 14.7 Å². The van der Waals surface area contributed by atoms with Crippen molar-refractivity contribution in [1.29, 1.82) is 0 Å². The number of hydrogen-bond acceptors (Lipinski definition) is 3. The van der Waals surface area contributed by atoms with Crippen molar-refractivity contribution in [3.05, 3.63) is 16.4 Å². The average Bonchev–Trinajstić information content (AvgIpc) is 2.80. The van der Waals surface area contributed by atoms with Crippen molar-refractivity contribution in [3.63, 3.8) is 0 Å². The van der Waals surface area contributed by atoms with Gasteiger partial charge in [0.25, 0.3) is 0 Å². The zero-order valence-electron chi connectivity index (χ0n) is 9.86. The van der Waals surface area contributed by atoms with Gasteiger partial charge in [-0.05, 0) is 41.7 Å². The van der Waals surface area contributed by atoms with Crippen LogP contribution in [-0.2, 0) is 13.6 Å². The average molecular weight is 287 g/mol. The molecular weight excluding hydrogens is 268 g/mol. The van der Waals surface area contributed by atoms with Crippen LogP contribution < -0.4 is 5.73 Å². The molecule has 2 unspecified atom stereocenters. The van der Waals surface area contributed by atoms with Gasteiger partial charge in [0.15, 0.2) is 0 Å². The Hall–Kier alpha value is -0.390. The summed E-state index contributed by atoms with van der Waals surface area (Å²) in [5.74, 6) is 0.645. The van der Waals surface area contributed by atoms with Crippen molar-refractivity contribution in [2.45, 2.75) is 25.9 Å². The van der Waals surface area contributed by atoms with Gasteiger partial charge in [-0.3, -0.25) is 9.58 Å². The van der Waals surface area contributed by atoms with Crippen molar-refractivity contribution in [3.8, 4) is 0 Å². The molecule has 0 aromatic carbocycles. The standard InChI is InChI=1S/C11H19BrN4/c1-8(13)9-3-4-16(6-9)7-11-10(12)5-14-15(11)2/h5,8-9H,3-4,6-7,13H2,1-2H3. The highest BCUT2D eigenvalue weighted by atomic mass is 79.9. The van der Waals surface area contributed by atoms with Crippen LogP contribution in [0.2, 0.25) is 0 Å². The lowest BCUT2D eigenvalue weighted by atomic mass is 10.0. The van der Waals surface area contributed by atoms with Crippen molar-refractivity contribution < 1.29 is 0 Å². The maximum Gasteiger partial charge on any atom is 0.0663 e. The van der Waals surface area contributed by atoms with Gasteiger partial charge in [-0.2, -0.15) is 5.10 Å². The first kappa shape index (κ1) is 12.1. The Bertz CT molecular complexity index is 341. The third-order valence-electron chi connectivity index (χ3n) is 3.44. The number of hydrogen-bond donors (Lipinski definition) is 1. The van der Waals surface area contributed by atoms with Crippen molar-refractivity contribution in [2.75, 3.05) is 13.1 Å². The van der Waals surface area contributed by atoms with Gasteiger partial charge in [-0.1, -0.05) is 0 Å². The zero-order valence-corrected chi connectivity index (χ0v) is 11.4. The maximum absolute atomic E-state index is 5.94. The smallest absolute Gasteiger partial charge is 0.0663 e. The van der Waals surface area contributed by atoms with Gasteiger partial charge >= 0.3 is 0 Å². The second kappa shape index (κ2) is 4.85. The van der Waals surface area contributed by atoms with Crippen LogP contribution in [0, 0.1) is 5.92 Å². The number of nitrogens with zero attached hydrogens (tertiary/aromatic N) is 3. The molecule has 2 heterocycles. The predicted molar refractivity (Wildman–Crippen MR) is 67.9 cm³/mol. The minimum absolute atomic E-state index is 0.306. The molecule has 0 bridgehead atoms. The van der Waals surface area contributed by atoms with E-state index < -0.39 is 0 Å². The maximum atomic E-state index is 5.94. The predicted octanol–water partition coefficient (Wildman–Crippen LogP) is 1.35. The van der Waals surface area contributed by atoms with E-state index >= 15 is 0 Å². The van der Waals surface area contributed by atoms with Crippen LogP contribution in [0.25, 0.3) is 0 Å². The quantitative estimate of drug-likeness (QED) is 0.913. The van der Waals surface area contributed by atoms with Crippen molar-refractivity contribution >= 4 is 15.9 Å². The Labute approximate surface area is 105 Å². The van der Waals surface area contributed by atoms with Gasteiger partial charge in [0, 0.05) is 26.2 Å². The number of aryl methyl sites for hydroxylation is 1. The van der Waals surface area contributed by atoms with Crippen molar-refractivity contribution in [2.24, 2.45) is 18.7 Å². The van der Waals surface area contributed by atoms with E-state index in [1.807, 2.05) is 17.9 Å². The largest absolute Gasteiger partial charge is 0.328 e. The Balaban J connectivity index is 1.97. The summed E-state index contributed by atoms with van der Waals surface area (Å²) in [5.41, 5.74) is 7.18. The summed E-state index contributed by atoms with van der Waals surface area (Å²) in [6.07, 6.45) is 3.07. The lowest BCUT2D eigenvalue weighted by Crippen LogP contribution is -2.30. The van der Waals surface area contributed by atoms with E-state index in [-0.39, 0.29) is 0 Å². The van der Waals surface area contributed by atoms with Crippen LogP contribution >= 0.6 is 15.9 Å². The third-order valence-corrected chi connectivity index (χ3v) is 4.10. The first-order valence-corrected chi connectivity index (χ1v) is 6.51. The highest BCUT2D eigenvalue weighted by Gasteiger charge is 2.26. The summed E-state index contributed by atoms with van der Waals surface area (Å²) in [7, 11) is 1.99. The molecule has 5 heteroatoms. The Morgan fingerprint density at radius 3 is 2.94 bits per heavy atom. The molecular formula is C11H19BrN4. The lowest BCUT2D eigenvalue weighted by molar-refractivity contribution is 0.299. The molecule has 2 atom stereocenters. The summed E-state index contributed by atoms with van der Waals surface area (Å²) in [6, 6.07) is 0.306. The van der Waals surface area contributed by atoms with Gasteiger partial charge in [-0.15, -0.1) is 0 Å². The fraction of sp³-hybridized carbons (Fsp3) is 0.727. The topological polar surface area (TPSA) is 47.1 Å². The monoisotopic (exact) mass is 286 g/mol. The molecule has 0 spiro atoms. The third kappa shape index (κ3) is 2.47.